The van der Waals surface area contributed by atoms with E-state index in [1.54, 1.807) is 0 Å². The van der Waals surface area contributed by atoms with Crippen LogP contribution in [-0.4, -0.2) is 49.5 Å². The van der Waals surface area contributed by atoms with Crippen LogP contribution in [0, 0.1) is 11.3 Å². The first-order valence-corrected chi connectivity index (χ1v) is 9.21. The lowest BCUT2D eigenvalue weighted by Crippen LogP contribution is -2.48. The van der Waals surface area contributed by atoms with E-state index in [4.69, 9.17) is 0 Å². The summed E-state index contributed by atoms with van der Waals surface area (Å²) in [5, 5.41) is 6.99. The van der Waals surface area contributed by atoms with Crippen LogP contribution in [0.3, 0.4) is 0 Å². The maximum atomic E-state index is 11.8. The standard InChI is InChI=1S/C18H34N4O.HI/c1-5-16(23)22-11-10-15(12-22)21-17(19-4)20-13-18(2,3)14-8-6-7-9-14;/h14-15H,5-13H2,1-4H3,(H2,19,20,21);1H. The summed E-state index contributed by atoms with van der Waals surface area (Å²) in [7, 11) is 1.82. The van der Waals surface area contributed by atoms with Gasteiger partial charge in [-0.1, -0.05) is 33.6 Å². The fraction of sp³-hybridized carbons (Fsp3) is 0.889. The van der Waals surface area contributed by atoms with Crippen LogP contribution in [0.2, 0.25) is 0 Å². The van der Waals surface area contributed by atoms with E-state index in [9.17, 15) is 4.79 Å². The molecule has 2 fully saturated rings. The molecule has 0 aromatic rings. The number of nitrogens with one attached hydrogen (secondary N) is 2. The van der Waals surface area contributed by atoms with Crippen LogP contribution in [0.5, 0.6) is 0 Å². The molecule has 5 nitrogen and oxygen atoms in total. The van der Waals surface area contributed by atoms with Gasteiger partial charge in [0, 0.05) is 39.1 Å². The Hall–Kier alpha value is -0.530. The number of hydrogen-bond acceptors (Lipinski definition) is 2. The molecule has 1 amide bonds. The summed E-state index contributed by atoms with van der Waals surface area (Å²) in [6.45, 7) is 9.24. The van der Waals surface area contributed by atoms with E-state index in [0.29, 0.717) is 17.9 Å². The highest BCUT2D eigenvalue weighted by molar-refractivity contribution is 14.0. The van der Waals surface area contributed by atoms with Gasteiger partial charge in [0.2, 0.25) is 5.91 Å². The number of halogens is 1. The van der Waals surface area contributed by atoms with Crippen LogP contribution >= 0.6 is 24.0 Å². The summed E-state index contributed by atoms with van der Waals surface area (Å²) in [4.78, 5) is 18.1. The lowest BCUT2D eigenvalue weighted by molar-refractivity contribution is -0.129. The van der Waals surface area contributed by atoms with Crippen molar-refractivity contribution in [2.45, 2.75) is 65.3 Å². The minimum Gasteiger partial charge on any atom is -0.356 e. The van der Waals surface area contributed by atoms with E-state index >= 15 is 0 Å². The van der Waals surface area contributed by atoms with Crippen molar-refractivity contribution in [2.75, 3.05) is 26.7 Å². The Labute approximate surface area is 164 Å². The highest BCUT2D eigenvalue weighted by atomic mass is 127. The molecule has 24 heavy (non-hydrogen) atoms. The second-order valence-corrected chi connectivity index (χ2v) is 7.72. The minimum absolute atomic E-state index is 0. The molecule has 0 aromatic carbocycles. The monoisotopic (exact) mass is 450 g/mol. The third kappa shape index (κ3) is 5.77. The second-order valence-electron chi connectivity index (χ2n) is 7.72. The van der Waals surface area contributed by atoms with Gasteiger partial charge in [0.1, 0.15) is 0 Å². The Bertz CT molecular complexity index is 433. The van der Waals surface area contributed by atoms with Gasteiger partial charge >= 0.3 is 0 Å². The molecule has 1 unspecified atom stereocenters. The van der Waals surface area contributed by atoms with Gasteiger partial charge in [-0.15, -0.1) is 24.0 Å². The normalized spacial score (nSPS) is 22.4. The average molecular weight is 450 g/mol. The highest BCUT2D eigenvalue weighted by Gasteiger charge is 2.32. The number of hydrogen-bond donors (Lipinski definition) is 2. The molecule has 1 heterocycles. The smallest absolute Gasteiger partial charge is 0.222 e. The fourth-order valence-electron chi connectivity index (χ4n) is 3.88. The van der Waals surface area contributed by atoms with Gasteiger partial charge < -0.3 is 15.5 Å². The Morgan fingerprint density at radius 3 is 2.50 bits per heavy atom. The highest BCUT2D eigenvalue weighted by Crippen LogP contribution is 2.38. The van der Waals surface area contributed by atoms with Crippen LogP contribution < -0.4 is 10.6 Å². The Morgan fingerprint density at radius 2 is 1.92 bits per heavy atom. The van der Waals surface area contributed by atoms with Crippen molar-refractivity contribution in [2.24, 2.45) is 16.3 Å². The number of carbonyl (C=O) groups is 1. The molecule has 1 saturated heterocycles. The molecule has 2 aliphatic rings. The van der Waals surface area contributed by atoms with Gasteiger partial charge in [-0.25, -0.2) is 0 Å². The number of amides is 1. The third-order valence-corrected chi connectivity index (χ3v) is 5.58. The Balaban J connectivity index is 0.00000288. The zero-order valence-corrected chi connectivity index (χ0v) is 18.1. The number of carbonyl (C=O) groups excluding carboxylic acids is 1. The third-order valence-electron chi connectivity index (χ3n) is 5.58. The van der Waals surface area contributed by atoms with E-state index in [1.807, 2.05) is 18.9 Å². The first-order valence-electron chi connectivity index (χ1n) is 9.21. The molecule has 0 spiro atoms. The molecule has 2 N–H and O–H groups in total. The Morgan fingerprint density at radius 1 is 1.25 bits per heavy atom. The van der Waals surface area contributed by atoms with Crippen molar-refractivity contribution in [3.05, 3.63) is 0 Å². The SMILES string of the molecule is CCC(=O)N1CCC(NC(=NC)NCC(C)(C)C2CCCC2)C1.I. The van der Waals surface area contributed by atoms with Crippen LogP contribution in [0.4, 0.5) is 0 Å². The molecule has 0 bridgehead atoms. The van der Waals surface area contributed by atoms with E-state index in [2.05, 4.69) is 29.5 Å². The van der Waals surface area contributed by atoms with Gasteiger partial charge in [-0.3, -0.25) is 9.79 Å². The van der Waals surface area contributed by atoms with Crippen LogP contribution in [0.1, 0.15) is 59.3 Å². The van der Waals surface area contributed by atoms with Crippen molar-refractivity contribution in [3.63, 3.8) is 0 Å². The van der Waals surface area contributed by atoms with Crippen molar-refractivity contribution < 1.29 is 4.79 Å². The topological polar surface area (TPSA) is 56.7 Å². The maximum Gasteiger partial charge on any atom is 0.222 e. The second kappa shape index (κ2) is 9.82. The lowest BCUT2D eigenvalue weighted by Gasteiger charge is -2.32. The van der Waals surface area contributed by atoms with Crippen LogP contribution in [-0.2, 0) is 4.79 Å². The van der Waals surface area contributed by atoms with E-state index < -0.39 is 0 Å². The van der Waals surface area contributed by atoms with Gasteiger partial charge in [0.25, 0.3) is 0 Å². The molecule has 1 aliphatic carbocycles. The van der Waals surface area contributed by atoms with Gasteiger partial charge in [-0.05, 0) is 30.6 Å². The number of aliphatic imine (C=N–C) groups is 1. The number of nitrogens with zero attached hydrogens (tertiary/aromatic N) is 2. The van der Waals surface area contributed by atoms with Crippen LogP contribution in [0.25, 0.3) is 0 Å². The minimum atomic E-state index is 0. The molecular weight excluding hydrogens is 415 g/mol. The predicted octanol–water partition coefficient (Wildman–Crippen LogP) is 3.00. The molecule has 6 heteroatoms. The van der Waals surface area contributed by atoms with Gasteiger partial charge in [-0.2, -0.15) is 0 Å². The molecule has 1 atom stereocenters. The first-order chi connectivity index (χ1) is 11.0. The van der Waals surface area contributed by atoms with Crippen molar-refractivity contribution >= 4 is 35.8 Å². The molecule has 0 radical (unpaired) electrons. The van der Waals surface area contributed by atoms with Crippen molar-refractivity contribution in [1.82, 2.24) is 15.5 Å². The summed E-state index contributed by atoms with van der Waals surface area (Å²) in [5.74, 6) is 1.93. The van der Waals surface area contributed by atoms with E-state index in [0.717, 1.165) is 37.9 Å². The summed E-state index contributed by atoms with van der Waals surface area (Å²) in [6.07, 6.45) is 7.07. The van der Waals surface area contributed by atoms with E-state index in [-0.39, 0.29) is 29.9 Å². The molecule has 1 saturated carbocycles. The fourth-order valence-corrected chi connectivity index (χ4v) is 3.88. The van der Waals surface area contributed by atoms with Gasteiger partial charge in [0.05, 0.1) is 0 Å². The largest absolute Gasteiger partial charge is 0.356 e. The number of rotatable bonds is 5. The summed E-state index contributed by atoms with van der Waals surface area (Å²) >= 11 is 0. The molecule has 1 aliphatic heterocycles. The summed E-state index contributed by atoms with van der Waals surface area (Å²) in [5.41, 5.74) is 0.300. The summed E-state index contributed by atoms with van der Waals surface area (Å²) < 4.78 is 0. The average Bonchev–Trinajstić information content (AvgIpc) is 3.22. The van der Waals surface area contributed by atoms with E-state index in [1.165, 1.54) is 25.7 Å². The first kappa shape index (κ1) is 21.5. The molecule has 140 valence electrons. The summed E-state index contributed by atoms with van der Waals surface area (Å²) in [6, 6.07) is 0.311. The quantitative estimate of drug-likeness (QED) is 0.385. The van der Waals surface area contributed by atoms with Gasteiger partial charge in [0.15, 0.2) is 5.96 Å². The zero-order chi connectivity index (χ0) is 16.9. The number of likely N-dealkylation sites (tertiary alicyclic amines) is 1. The number of guanidine groups is 1. The molecule has 0 aromatic heterocycles. The maximum absolute atomic E-state index is 11.8. The van der Waals surface area contributed by atoms with Crippen LogP contribution in [0.15, 0.2) is 4.99 Å². The van der Waals surface area contributed by atoms with Crippen molar-refractivity contribution in [1.29, 1.82) is 0 Å². The molecular formula is C18H35IN4O. The molecule has 2 rings (SSSR count). The lowest BCUT2D eigenvalue weighted by atomic mass is 9.78. The van der Waals surface area contributed by atoms with Crippen molar-refractivity contribution in [3.8, 4) is 0 Å². The predicted molar refractivity (Wildman–Crippen MR) is 111 cm³/mol. The Kier molecular flexibility index (Phi) is 8.81. The zero-order valence-electron chi connectivity index (χ0n) is 15.7.